The van der Waals surface area contributed by atoms with Crippen molar-refractivity contribution >= 4 is 11.9 Å². The molecular formula is C32H52N2O5. The van der Waals surface area contributed by atoms with Gasteiger partial charge >= 0.3 is 5.97 Å². The molecule has 0 saturated carbocycles. The monoisotopic (exact) mass is 544 g/mol. The fourth-order valence-electron chi connectivity index (χ4n) is 3.55. The Morgan fingerprint density at radius 2 is 1.54 bits per heavy atom. The quantitative estimate of drug-likeness (QED) is 0.352. The van der Waals surface area contributed by atoms with Crippen LogP contribution in [0, 0.1) is 5.92 Å². The van der Waals surface area contributed by atoms with Gasteiger partial charge < -0.3 is 24.8 Å². The first kappa shape index (κ1) is 35.9. The molecule has 2 aromatic carbocycles. The molecule has 220 valence electrons. The maximum Gasteiger partial charge on any atom is 0.307 e. The lowest BCUT2D eigenvalue weighted by Crippen LogP contribution is -2.34. The topological polar surface area (TPSA) is 85.9 Å². The summed E-state index contributed by atoms with van der Waals surface area (Å²) in [7, 11) is 4.50. The largest absolute Gasteiger partial charge is 0.493 e. The molecule has 1 amide bonds. The van der Waals surface area contributed by atoms with E-state index in [1.807, 2.05) is 44.2 Å². The number of carbonyl (C=O) groups is 2. The van der Waals surface area contributed by atoms with Gasteiger partial charge in [0.2, 0.25) is 0 Å². The molecule has 2 unspecified atom stereocenters. The van der Waals surface area contributed by atoms with E-state index in [1.54, 1.807) is 33.3 Å². The smallest absolute Gasteiger partial charge is 0.307 e. The number of carbonyl (C=O) groups excluding carboxylic acids is 2. The van der Waals surface area contributed by atoms with Crippen molar-refractivity contribution in [2.24, 2.45) is 5.92 Å². The van der Waals surface area contributed by atoms with Gasteiger partial charge in [0, 0.05) is 11.6 Å². The van der Waals surface area contributed by atoms with E-state index in [0.717, 1.165) is 17.0 Å². The van der Waals surface area contributed by atoms with E-state index in [2.05, 4.69) is 36.1 Å². The van der Waals surface area contributed by atoms with E-state index in [4.69, 9.17) is 9.47 Å². The molecule has 3 rings (SSSR count). The molecule has 0 aliphatic carbocycles. The Labute approximate surface area is 237 Å². The molecule has 1 saturated heterocycles. The molecule has 0 bridgehead atoms. The van der Waals surface area contributed by atoms with E-state index in [1.165, 1.54) is 45.9 Å². The Bertz CT molecular complexity index is 923. The minimum Gasteiger partial charge on any atom is -0.493 e. The molecular weight excluding hydrogens is 492 g/mol. The van der Waals surface area contributed by atoms with E-state index >= 15 is 0 Å². The van der Waals surface area contributed by atoms with Gasteiger partial charge in [0.15, 0.2) is 11.5 Å². The third-order valence-electron chi connectivity index (χ3n) is 5.99. The molecule has 1 fully saturated rings. The molecule has 2 atom stereocenters. The second-order valence-corrected chi connectivity index (χ2v) is 9.25. The van der Waals surface area contributed by atoms with Crippen molar-refractivity contribution in [3.8, 4) is 22.6 Å². The van der Waals surface area contributed by atoms with Crippen LogP contribution in [0.5, 0.6) is 11.5 Å². The molecule has 2 N–H and O–H groups in total. The van der Waals surface area contributed by atoms with Crippen LogP contribution in [0.1, 0.15) is 84.0 Å². The van der Waals surface area contributed by atoms with Gasteiger partial charge in [-0.15, -0.1) is 0 Å². The predicted molar refractivity (Wildman–Crippen MR) is 162 cm³/mol. The van der Waals surface area contributed by atoms with Crippen molar-refractivity contribution in [3.05, 3.63) is 48.0 Å². The van der Waals surface area contributed by atoms with Gasteiger partial charge in [0.1, 0.15) is 0 Å². The van der Waals surface area contributed by atoms with Crippen LogP contribution >= 0.6 is 0 Å². The fourth-order valence-corrected chi connectivity index (χ4v) is 3.55. The lowest BCUT2D eigenvalue weighted by atomic mass is 10.0. The van der Waals surface area contributed by atoms with Gasteiger partial charge in [0.25, 0.3) is 5.91 Å². The summed E-state index contributed by atoms with van der Waals surface area (Å²) < 4.78 is 15.2. The second-order valence-electron chi connectivity index (χ2n) is 9.25. The number of amides is 1. The Morgan fingerprint density at radius 1 is 0.949 bits per heavy atom. The van der Waals surface area contributed by atoms with Crippen molar-refractivity contribution in [2.75, 3.05) is 34.4 Å². The van der Waals surface area contributed by atoms with Gasteiger partial charge in [-0.3, -0.25) is 9.59 Å². The highest BCUT2D eigenvalue weighted by Crippen LogP contribution is 2.32. The van der Waals surface area contributed by atoms with Gasteiger partial charge in [-0.1, -0.05) is 65.7 Å². The lowest BCUT2D eigenvalue weighted by molar-refractivity contribution is -0.141. The first-order valence-corrected chi connectivity index (χ1v) is 14.2. The van der Waals surface area contributed by atoms with Gasteiger partial charge in [0.05, 0.1) is 27.8 Å². The number of piperidine rings is 1. The van der Waals surface area contributed by atoms with Crippen molar-refractivity contribution in [1.29, 1.82) is 0 Å². The second kappa shape index (κ2) is 21.8. The van der Waals surface area contributed by atoms with Crippen LogP contribution < -0.4 is 20.1 Å². The summed E-state index contributed by atoms with van der Waals surface area (Å²) in [5, 5.41) is 6.11. The van der Waals surface area contributed by atoms with Gasteiger partial charge in [-0.25, -0.2) is 0 Å². The highest BCUT2D eigenvalue weighted by molar-refractivity contribution is 5.95. The summed E-state index contributed by atoms with van der Waals surface area (Å²) in [5.74, 6) is 1.63. The number of unbranched alkanes of at least 4 members (excludes halogenated alkanes) is 1. The molecule has 1 aliphatic rings. The van der Waals surface area contributed by atoms with Gasteiger partial charge in [-0.05, 0) is 74.2 Å². The number of hydrogen-bond acceptors (Lipinski definition) is 6. The first-order valence-electron chi connectivity index (χ1n) is 14.2. The summed E-state index contributed by atoms with van der Waals surface area (Å²) in [5.41, 5.74) is 2.42. The zero-order chi connectivity index (χ0) is 29.6. The van der Waals surface area contributed by atoms with Crippen LogP contribution in [0.3, 0.4) is 0 Å². The third kappa shape index (κ3) is 14.6. The number of ether oxygens (including phenoxy) is 3. The first-order chi connectivity index (χ1) is 18.8. The summed E-state index contributed by atoms with van der Waals surface area (Å²) >= 11 is 0. The van der Waals surface area contributed by atoms with Crippen LogP contribution in [-0.4, -0.2) is 52.3 Å². The predicted octanol–water partition coefficient (Wildman–Crippen LogP) is 6.89. The Balaban J connectivity index is 0.000000915. The van der Waals surface area contributed by atoms with E-state index in [0.29, 0.717) is 17.1 Å². The van der Waals surface area contributed by atoms with Crippen LogP contribution in [-0.2, 0) is 9.53 Å². The highest BCUT2D eigenvalue weighted by atomic mass is 16.5. The molecule has 7 nitrogen and oxygen atoms in total. The van der Waals surface area contributed by atoms with E-state index in [9.17, 15) is 9.59 Å². The van der Waals surface area contributed by atoms with Gasteiger partial charge in [-0.2, -0.15) is 0 Å². The third-order valence-corrected chi connectivity index (χ3v) is 5.99. The maximum atomic E-state index is 12.3. The molecule has 7 heteroatoms. The van der Waals surface area contributed by atoms with Crippen LogP contribution in [0.2, 0.25) is 0 Å². The van der Waals surface area contributed by atoms with Crippen molar-refractivity contribution in [2.45, 2.75) is 79.7 Å². The minimum atomic E-state index is -0.360. The number of nitrogens with one attached hydrogen (secondary N) is 2. The maximum absolute atomic E-state index is 12.3. The average Bonchev–Trinajstić information content (AvgIpc) is 2.98. The number of methoxy groups -OCH3 is 3. The van der Waals surface area contributed by atoms with E-state index < -0.39 is 0 Å². The highest BCUT2D eigenvalue weighted by Gasteiger charge is 2.14. The van der Waals surface area contributed by atoms with Crippen LogP contribution in [0.4, 0.5) is 0 Å². The number of esters is 1. The van der Waals surface area contributed by atoms with Crippen molar-refractivity contribution < 1.29 is 23.8 Å². The normalized spacial score (nSPS) is 14.4. The molecule has 0 spiro atoms. The zero-order valence-electron chi connectivity index (χ0n) is 25.7. The minimum absolute atomic E-state index is 0.131. The summed E-state index contributed by atoms with van der Waals surface area (Å²) in [4.78, 5) is 23.5. The Morgan fingerprint density at radius 3 is 1.97 bits per heavy atom. The summed E-state index contributed by atoms with van der Waals surface area (Å²) in [6.07, 6.45) is 5.57. The van der Waals surface area contributed by atoms with Crippen molar-refractivity contribution in [3.63, 3.8) is 0 Å². The number of benzene rings is 2. The van der Waals surface area contributed by atoms with Crippen molar-refractivity contribution in [1.82, 2.24) is 10.6 Å². The van der Waals surface area contributed by atoms with Crippen LogP contribution in [0.15, 0.2) is 42.5 Å². The zero-order valence-corrected chi connectivity index (χ0v) is 25.7. The standard InChI is InChI=1S/C20H23NO5.C6H13N.C4H10.C2H6/c1-13(11-19(22)26-4)21-20(23)15-7-5-14(6-8-15)16-9-10-17(24-2)18(12-16)25-3;1-6-3-2-4-7-5-6;1-3-4-2;1-2/h5-10,12-13H,11H2,1-4H3,(H,21,23);6-7H,2-5H2,1H3;3-4H2,1-2H3;1-2H3. The lowest BCUT2D eigenvalue weighted by Gasteiger charge is -2.17. The molecule has 0 radical (unpaired) electrons. The summed E-state index contributed by atoms with van der Waals surface area (Å²) in [6.45, 7) is 14.9. The molecule has 1 heterocycles. The Kier molecular flexibility index (Phi) is 20.1. The molecule has 0 aromatic heterocycles. The summed E-state index contributed by atoms with van der Waals surface area (Å²) in [6, 6.07) is 12.5. The number of rotatable bonds is 8. The van der Waals surface area contributed by atoms with Crippen LogP contribution in [0.25, 0.3) is 11.1 Å². The average molecular weight is 545 g/mol. The number of hydrogen-bond donors (Lipinski definition) is 2. The molecule has 1 aliphatic heterocycles. The molecule has 2 aromatic rings. The Hall–Kier alpha value is -3.06. The molecule has 39 heavy (non-hydrogen) atoms. The fraction of sp³-hybridized carbons (Fsp3) is 0.562. The van der Waals surface area contributed by atoms with E-state index in [-0.39, 0.29) is 24.3 Å². The SMILES string of the molecule is CC.CC1CCCNC1.CCCC.COC(=O)CC(C)NC(=O)c1ccc(-c2ccc(OC)c(OC)c2)cc1.